The predicted molar refractivity (Wildman–Crippen MR) is 59.9 cm³/mol. The molecule has 5 heteroatoms. The molecule has 4 nitrogen and oxygen atoms in total. The minimum absolute atomic E-state index is 0.170. The SMILES string of the molecule is CC(C(=O)Cl)N1C(=O)C2C3C=CC(C3)C2C1=O. The van der Waals surface area contributed by atoms with Crippen LogP contribution in [0, 0.1) is 23.7 Å². The number of allylic oxidation sites excluding steroid dienone is 2. The van der Waals surface area contributed by atoms with Gasteiger partial charge in [0.25, 0.3) is 0 Å². The van der Waals surface area contributed by atoms with Crippen molar-refractivity contribution in [3.05, 3.63) is 12.2 Å². The first-order chi connectivity index (χ1) is 8.02. The van der Waals surface area contributed by atoms with Crippen molar-refractivity contribution in [1.82, 2.24) is 4.90 Å². The third-order valence-corrected chi connectivity index (χ3v) is 4.54. The molecule has 3 aliphatic rings. The van der Waals surface area contributed by atoms with Gasteiger partial charge in [-0.3, -0.25) is 19.3 Å². The van der Waals surface area contributed by atoms with Gasteiger partial charge in [-0.05, 0) is 36.8 Å². The molecule has 3 rings (SSSR count). The fraction of sp³-hybridized carbons (Fsp3) is 0.583. The smallest absolute Gasteiger partial charge is 0.244 e. The van der Waals surface area contributed by atoms with E-state index in [0.29, 0.717) is 0 Å². The van der Waals surface area contributed by atoms with Gasteiger partial charge in [0.15, 0.2) is 0 Å². The Labute approximate surface area is 104 Å². The van der Waals surface area contributed by atoms with Gasteiger partial charge >= 0.3 is 0 Å². The molecule has 0 spiro atoms. The van der Waals surface area contributed by atoms with Crippen molar-refractivity contribution in [2.24, 2.45) is 23.7 Å². The Morgan fingerprint density at radius 3 is 2.18 bits per heavy atom. The van der Waals surface area contributed by atoms with Crippen LogP contribution in [0.2, 0.25) is 0 Å². The number of nitrogens with zero attached hydrogens (tertiary/aromatic N) is 1. The fourth-order valence-electron chi connectivity index (χ4n) is 3.41. The van der Waals surface area contributed by atoms with E-state index < -0.39 is 11.3 Å². The van der Waals surface area contributed by atoms with E-state index in [4.69, 9.17) is 11.6 Å². The van der Waals surface area contributed by atoms with Crippen LogP contribution < -0.4 is 0 Å². The minimum Gasteiger partial charge on any atom is -0.279 e. The van der Waals surface area contributed by atoms with Gasteiger partial charge in [-0.25, -0.2) is 0 Å². The van der Waals surface area contributed by atoms with Crippen LogP contribution in [0.5, 0.6) is 0 Å². The summed E-state index contributed by atoms with van der Waals surface area (Å²) < 4.78 is 0. The van der Waals surface area contributed by atoms with E-state index in [1.54, 1.807) is 0 Å². The van der Waals surface area contributed by atoms with Crippen molar-refractivity contribution >= 4 is 28.7 Å². The number of fused-ring (bicyclic) bond motifs is 5. The molecule has 0 aromatic heterocycles. The van der Waals surface area contributed by atoms with Crippen molar-refractivity contribution in [2.45, 2.75) is 19.4 Å². The molecular weight excluding hydrogens is 242 g/mol. The van der Waals surface area contributed by atoms with Crippen molar-refractivity contribution in [3.63, 3.8) is 0 Å². The molecule has 5 unspecified atom stereocenters. The third-order valence-electron chi connectivity index (χ3n) is 4.22. The average molecular weight is 254 g/mol. The molecule has 2 bridgehead atoms. The molecule has 1 aliphatic heterocycles. The van der Waals surface area contributed by atoms with Gasteiger partial charge in [0.1, 0.15) is 6.04 Å². The van der Waals surface area contributed by atoms with E-state index >= 15 is 0 Å². The van der Waals surface area contributed by atoms with Crippen LogP contribution >= 0.6 is 11.6 Å². The number of hydrogen-bond acceptors (Lipinski definition) is 3. The summed E-state index contributed by atoms with van der Waals surface area (Å²) in [7, 11) is 0. The van der Waals surface area contributed by atoms with Gasteiger partial charge < -0.3 is 0 Å². The topological polar surface area (TPSA) is 54.5 Å². The maximum atomic E-state index is 12.2. The van der Waals surface area contributed by atoms with E-state index in [0.717, 1.165) is 11.3 Å². The van der Waals surface area contributed by atoms with Crippen LogP contribution in [0.1, 0.15) is 13.3 Å². The summed E-state index contributed by atoms with van der Waals surface area (Å²) in [6, 6.07) is -0.846. The first-order valence-corrected chi connectivity index (χ1v) is 6.14. The van der Waals surface area contributed by atoms with Gasteiger partial charge in [-0.1, -0.05) is 12.2 Å². The zero-order valence-corrected chi connectivity index (χ0v) is 10.1. The molecular formula is C12H12ClNO3. The monoisotopic (exact) mass is 253 g/mol. The zero-order chi connectivity index (χ0) is 12.3. The van der Waals surface area contributed by atoms with E-state index in [1.165, 1.54) is 6.92 Å². The van der Waals surface area contributed by atoms with Crippen LogP contribution in [0.4, 0.5) is 0 Å². The highest BCUT2D eigenvalue weighted by molar-refractivity contribution is 6.65. The summed E-state index contributed by atoms with van der Waals surface area (Å²) in [5.74, 6) is -0.614. The molecule has 0 aromatic rings. The molecule has 1 saturated carbocycles. The Balaban J connectivity index is 1.95. The Kier molecular flexibility index (Phi) is 2.20. The lowest BCUT2D eigenvalue weighted by Gasteiger charge is -2.21. The second-order valence-electron chi connectivity index (χ2n) is 5.03. The first kappa shape index (κ1) is 11.0. The highest BCUT2D eigenvalue weighted by Crippen LogP contribution is 2.52. The third kappa shape index (κ3) is 1.27. The maximum Gasteiger partial charge on any atom is 0.244 e. The van der Waals surface area contributed by atoms with Crippen molar-refractivity contribution in [3.8, 4) is 0 Å². The van der Waals surface area contributed by atoms with E-state index in [-0.39, 0.29) is 35.5 Å². The summed E-state index contributed by atoms with van der Waals surface area (Å²) in [5, 5.41) is -0.660. The highest BCUT2D eigenvalue weighted by Gasteiger charge is 2.60. The summed E-state index contributed by atoms with van der Waals surface area (Å²) in [4.78, 5) is 36.6. The second-order valence-corrected chi connectivity index (χ2v) is 5.40. The lowest BCUT2D eigenvalue weighted by atomic mass is 9.85. The summed E-state index contributed by atoms with van der Waals surface area (Å²) >= 11 is 5.38. The number of halogens is 1. The lowest BCUT2D eigenvalue weighted by molar-refractivity contribution is -0.145. The van der Waals surface area contributed by atoms with Crippen LogP contribution in [-0.2, 0) is 14.4 Å². The standard InChI is InChI=1S/C12H12ClNO3/c1-5(10(13)15)14-11(16)8-6-2-3-7(4-6)9(8)12(14)17/h2-3,5-9H,4H2,1H3. The molecule has 0 N–H and O–H groups in total. The summed E-state index contributed by atoms with van der Waals surface area (Å²) in [6.45, 7) is 1.50. The minimum atomic E-state index is -0.846. The summed E-state index contributed by atoms with van der Waals surface area (Å²) in [5.41, 5.74) is 0. The van der Waals surface area contributed by atoms with Gasteiger partial charge in [0, 0.05) is 0 Å². The summed E-state index contributed by atoms with van der Waals surface area (Å²) in [6.07, 6.45) is 4.94. The van der Waals surface area contributed by atoms with Crippen LogP contribution in [0.15, 0.2) is 12.2 Å². The number of hydrogen-bond donors (Lipinski definition) is 0. The molecule has 2 amide bonds. The van der Waals surface area contributed by atoms with Gasteiger partial charge in [0.05, 0.1) is 11.8 Å². The number of carbonyl (C=O) groups excluding carboxylic acids is 3. The number of imide groups is 1. The van der Waals surface area contributed by atoms with Crippen molar-refractivity contribution in [2.75, 3.05) is 0 Å². The number of carbonyl (C=O) groups is 3. The average Bonchev–Trinajstić information content (AvgIpc) is 2.92. The first-order valence-electron chi connectivity index (χ1n) is 5.77. The number of amides is 2. The van der Waals surface area contributed by atoms with Crippen LogP contribution in [0.3, 0.4) is 0 Å². The maximum absolute atomic E-state index is 12.2. The Hall–Kier alpha value is -1.16. The van der Waals surface area contributed by atoms with E-state index in [2.05, 4.69) is 0 Å². The molecule has 2 fully saturated rings. The fourth-order valence-corrected chi connectivity index (χ4v) is 3.51. The van der Waals surface area contributed by atoms with Crippen LogP contribution in [0.25, 0.3) is 0 Å². The molecule has 90 valence electrons. The Morgan fingerprint density at radius 2 is 1.76 bits per heavy atom. The Morgan fingerprint density at radius 1 is 1.29 bits per heavy atom. The number of rotatable bonds is 2. The zero-order valence-electron chi connectivity index (χ0n) is 9.30. The van der Waals surface area contributed by atoms with E-state index in [1.807, 2.05) is 12.2 Å². The number of likely N-dealkylation sites (tertiary alicyclic amines) is 1. The normalized spacial score (nSPS) is 40.0. The van der Waals surface area contributed by atoms with Crippen LogP contribution in [-0.4, -0.2) is 28.0 Å². The predicted octanol–water partition coefficient (Wildman–Crippen LogP) is 0.947. The molecule has 5 atom stereocenters. The highest BCUT2D eigenvalue weighted by atomic mass is 35.5. The molecule has 1 heterocycles. The van der Waals surface area contributed by atoms with Crippen molar-refractivity contribution in [1.29, 1.82) is 0 Å². The largest absolute Gasteiger partial charge is 0.279 e. The Bertz CT molecular complexity index is 429. The quantitative estimate of drug-likeness (QED) is 0.418. The molecule has 2 aliphatic carbocycles. The second kappa shape index (κ2) is 3.42. The molecule has 0 aromatic carbocycles. The van der Waals surface area contributed by atoms with Crippen molar-refractivity contribution < 1.29 is 14.4 Å². The lowest BCUT2D eigenvalue weighted by Crippen LogP contribution is -2.43. The molecule has 1 saturated heterocycles. The van der Waals surface area contributed by atoms with Gasteiger partial charge in [0.2, 0.25) is 17.1 Å². The molecule has 0 radical (unpaired) electrons. The van der Waals surface area contributed by atoms with Gasteiger partial charge in [-0.2, -0.15) is 0 Å². The van der Waals surface area contributed by atoms with E-state index in [9.17, 15) is 14.4 Å². The molecule has 17 heavy (non-hydrogen) atoms. The van der Waals surface area contributed by atoms with Gasteiger partial charge in [-0.15, -0.1) is 0 Å².